The van der Waals surface area contributed by atoms with Gasteiger partial charge in [0.2, 0.25) is 0 Å². The van der Waals surface area contributed by atoms with Gasteiger partial charge in [0.1, 0.15) is 0 Å². The van der Waals surface area contributed by atoms with Gasteiger partial charge in [0, 0.05) is 24.2 Å². The number of aryl methyl sites for hydroxylation is 1. The predicted octanol–water partition coefficient (Wildman–Crippen LogP) is 3.44. The first-order valence-corrected chi connectivity index (χ1v) is 7.85. The summed E-state index contributed by atoms with van der Waals surface area (Å²) in [7, 11) is 0. The Morgan fingerprint density at radius 2 is 2.00 bits per heavy atom. The molecule has 0 aromatic carbocycles. The van der Waals surface area contributed by atoms with Crippen molar-refractivity contribution in [3.63, 3.8) is 0 Å². The molecule has 0 bridgehead atoms. The molecule has 1 heterocycles. The maximum Gasteiger partial charge on any atom is 0.187 e. The second-order valence-corrected chi connectivity index (χ2v) is 5.80. The summed E-state index contributed by atoms with van der Waals surface area (Å²) in [6.45, 7) is 7.62. The molecule has 1 N–H and O–H groups in total. The van der Waals surface area contributed by atoms with E-state index in [1.54, 1.807) is 11.8 Å². The van der Waals surface area contributed by atoms with Crippen molar-refractivity contribution in [2.45, 2.75) is 57.7 Å². The zero-order valence-corrected chi connectivity index (χ0v) is 12.6. The van der Waals surface area contributed by atoms with Gasteiger partial charge in [0.15, 0.2) is 5.16 Å². The number of nitrogens with zero attached hydrogens (tertiary/aromatic N) is 2. The van der Waals surface area contributed by atoms with E-state index in [-0.39, 0.29) is 0 Å². The Balaban J connectivity index is 2.03. The molecule has 0 radical (unpaired) electrons. The number of hydrogen-bond donors (Lipinski definition) is 1. The predicted molar refractivity (Wildman–Crippen MR) is 79.1 cm³/mol. The Bertz CT molecular complexity index is 313. The van der Waals surface area contributed by atoms with Crippen LogP contribution >= 0.6 is 11.8 Å². The summed E-state index contributed by atoms with van der Waals surface area (Å²) in [6, 6.07) is 0.644. The second kappa shape index (κ2) is 9.34. The van der Waals surface area contributed by atoms with Crippen molar-refractivity contribution in [2.24, 2.45) is 0 Å². The molecule has 1 aromatic heterocycles. The average molecular weight is 267 g/mol. The maximum atomic E-state index is 4.29. The van der Waals surface area contributed by atoms with Gasteiger partial charge in [-0.3, -0.25) is 0 Å². The lowest BCUT2D eigenvalue weighted by atomic mass is 10.1. The van der Waals surface area contributed by atoms with Gasteiger partial charge < -0.3 is 5.32 Å². The molecule has 0 saturated heterocycles. The van der Waals surface area contributed by atoms with Crippen molar-refractivity contribution in [3.05, 3.63) is 18.0 Å². The van der Waals surface area contributed by atoms with Crippen LogP contribution in [-0.4, -0.2) is 28.3 Å². The van der Waals surface area contributed by atoms with Crippen LogP contribution in [0.1, 0.15) is 45.1 Å². The van der Waals surface area contributed by atoms with E-state index in [2.05, 4.69) is 29.1 Å². The Hall–Kier alpha value is -0.610. The fourth-order valence-corrected chi connectivity index (χ4v) is 2.45. The third-order valence-corrected chi connectivity index (χ3v) is 3.72. The number of unbranched alkanes of at least 4 members (excludes halogenated alkanes) is 1. The van der Waals surface area contributed by atoms with Crippen molar-refractivity contribution in [3.8, 4) is 0 Å². The lowest BCUT2D eigenvalue weighted by molar-refractivity contribution is 0.496. The minimum atomic E-state index is 0.644. The summed E-state index contributed by atoms with van der Waals surface area (Å²) in [5.74, 6) is 1.11. The normalized spacial score (nSPS) is 12.6. The molecule has 4 heteroatoms. The van der Waals surface area contributed by atoms with E-state index in [1.165, 1.54) is 25.7 Å². The van der Waals surface area contributed by atoms with Crippen LogP contribution in [0.3, 0.4) is 0 Å². The highest BCUT2D eigenvalue weighted by molar-refractivity contribution is 7.99. The molecular formula is C14H25N3S. The van der Waals surface area contributed by atoms with E-state index in [1.807, 2.05) is 19.3 Å². The first-order valence-electron chi connectivity index (χ1n) is 6.87. The first-order chi connectivity index (χ1) is 8.72. The quantitative estimate of drug-likeness (QED) is 0.422. The van der Waals surface area contributed by atoms with Gasteiger partial charge >= 0.3 is 0 Å². The van der Waals surface area contributed by atoms with E-state index in [9.17, 15) is 0 Å². The van der Waals surface area contributed by atoms with Gasteiger partial charge in [-0.05, 0) is 45.2 Å². The topological polar surface area (TPSA) is 37.8 Å². The van der Waals surface area contributed by atoms with E-state index < -0.39 is 0 Å². The second-order valence-electron chi connectivity index (χ2n) is 4.74. The van der Waals surface area contributed by atoms with Crippen molar-refractivity contribution < 1.29 is 0 Å². The maximum absolute atomic E-state index is 4.29. The Kier molecular flexibility index (Phi) is 8.01. The summed E-state index contributed by atoms with van der Waals surface area (Å²) < 4.78 is 0. The van der Waals surface area contributed by atoms with Crippen molar-refractivity contribution in [1.82, 2.24) is 15.3 Å². The number of nitrogens with one attached hydrogen (secondary N) is 1. The lowest BCUT2D eigenvalue weighted by Crippen LogP contribution is -2.26. The average Bonchev–Trinajstić information content (AvgIpc) is 2.38. The minimum absolute atomic E-state index is 0.644. The third-order valence-electron chi connectivity index (χ3n) is 2.76. The number of hydrogen-bond acceptors (Lipinski definition) is 4. The summed E-state index contributed by atoms with van der Waals surface area (Å²) in [6.07, 6.45) is 8.75. The smallest absolute Gasteiger partial charge is 0.187 e. The first kappa shape index (κ1) is 15.4. The van der Waals surface area contributed by atoms with E-state index in [4.69, 9.17) is 0 Å². The molecule has 18 heavy (non-hydrogen) atoms. The monoisotopic (exact) mass is 267 g/mol. The van der Waals surface area contributed by atoms with E-state index in [0.29, 0.717) is 6.04 Å². The van der Waals surface area contributed by atoms with E-state index >= 15 is 0 Å². The Morgan fingerprint density at radius 1 is 1.28 bits per heavy atom. The highest BCUT2D eigenvalue weighted by atomic mass is 32.2. The van der Waals surface area contributed by atoms with Crippen LogP contribution in [0.5, 0.6) is 0 Å². The number of aromatic nitrogens is 2. The van der Waals surface area contributed by atoms with Gasteiger partial charge in [-0.2, -0.15) is 0 Å². The Morgan fingerprint density at radius 3 is 2.67 bits per heavy atom. The Labute approximate surface area is 115 Å². The van der Waals surface area contributed by atoms with E-state index in [0.717, 1.165) is 23.0 Å². The molecule has 0 spiro atoms. The molecule has 0 aliphatic heterocycles. The van der Waals surface area contributed by atoms with Crippen molar-refractivity contribution in [2.75, 3.05) is 12.3 Å². The van der Waals surface area contributed by atoms with Gasteiger partial charge in [-0.15, -0.1) is 0 Å². The zero-order valence-electron chi connectivity index (χ0n) is 11.8. The van der Waals surface area contributed by atoms with Gasteiger partial charge in [0.05, 0.1) is 0 Å². The molecule has 0 aliphatic carbocycles. The molecule has 1 atom stereocenters. The van der Waals surface area contributed by atoms with Crippen LogP contribution in [0.4, 0.5) is 0 Å². The van der Waals surface area contributed by atoms with Crippen LogP contribution in [0.25, 0.3) is 0 Å². The van der Waals surface area contributed by atoms with Crippen LogP contribution in [0.15, 0.2) is 17.6 Å². The molecular weight excluding hydrogens is 242 g/mol. The SMILES string of the molecule is CCCNC(C)CCCCSc1ncc(C)cn1. The molecule has 0 aliphatic rings. The summed E-state index contributed by atoms with van der Waals surface area (Å²) in [4.78, 5) is 8.58. The van der Waals surface area contributed by atoms with Crippen molar-refractivity contribution in [1.29, 1.82) is 0 Å². The standard InChI is InChI=1S/C14H25N3S/c1-4-8-15-13(3)7-5-6-9-18-14-16-10-12(2)11-17-14/h10-11,13,15H,4-9H2,1-3H3. The molecule has 3 nitrogen and oxygen atoms in total. The minimum Gasteiger partial charge on any atom is -0.314 e. The molecule has 0 amide bonds. The molecule has 1 rings (SSSR count). The third kappa shape index (κ3) is 6.97. The highest BCUT2D eigenvalue weighted by Crippen LogP contribution is 2.15. The number of rotatable bonds is 9. The number of thioether (sulfide) groups is 1. The molecule has 1 aromatic rings. The van der Waals surface area contributed by atoms with Crippen LogP contribution < -0.4 is 5.32 Å². The fourth-order valence-electron chi connectivity index (χ4n) is 1.66. The van der Waals surface area contributed by atoms with Gasteiger partial charge in [-0.25, -0.2) is 9.97 Å². The summed E-state index contributed by atoms with van der Waals surface area (Å²) in [5, 5.41) is 4.42. The van der Waals surface area contributed by atoms with Crippen molar-refractivity contribution >= 4 is 11.8 Å². The molecule has 1 unspecified atom stereocenters. The lowest BCUT2D eigenvalue weighted by Gasteiger charge is -2.12. The molecule has 0 fully saturated rings. The summed E-state index contributed by atoms with van der Waals surface area (Å²) >= 11 is 1.76. The largest absolute Gasteiger partial charge is 0.314 e. The van der Waals surface area contributed by atoms with Crippen LogP contribution in [-0.2, 0) is 0 Å². The van der Waals surface area contributed by atoms with Crippen LogP contribution in [0, 0.1) is 6.92 Å². The fraction of sp³-hybridized carbons (Fsp3) is 0.714. The molecule has 0 saturated carbocycles. The summed E-state index contributed by atoms with van der Waals surface area (Å²) in [5.41, 5.74) is 1.12. The van der Waals surface area contributed by atoms with Gasteiger partial charge in [0.25, 0.3) is 0 Å². The highest BCUT2D eigenvalue weighted by Gasteiger charge is 2.01. The van der Waals surface area contributed by atoms with Gasteiger partial charge in [-0.1, -0.05) is 25.1 Å². The molecule has 102 valence electrons. The zero-order chi connectivity index (χ0) is 13.2. The van der Waals surface area contributed by atoms with Crippen LogP contribution in [0.2, 0.25) is 0 Å².